The molecular formula is C25H32N8OS. The number of piperazine rings is 1. The molecule has 1 aliphatic carbocycles. The molecule has 0 spiro atoms. The van der Waals surface area contributed by atoms with Crippen molar-refractivity contribution in [3.63, 3.8) is 0 Å². The lowest BCUT2D eigenvalue weighted by Gasteiger charge is -2.40. The predicted octanol–water partition coefficient (Wildman–Crippen LogP) is 4.30. The fourth-order valence-corrected chi connectivity index (χ4v) is 6.23. The van der Waals surface area contributed by atoms with Crippen molar-refractivity contribution in [3.8, 4) is 27.7 Å². The van der Waals surface area contributed by atoms with Crippen LogP contribution in [-0.4, -0.2) is 74.0 Å². The van der Waals surface area contributed by atoms with E-state index in [1.54, 1.807) is 23.0 Å². The zero-order valence-electron chi connectivity index (χ0n) is 20.7. The minimum atomic E-state index is 0.258. The average molecular weight is 493 g/mol. The Labute approximate surface area is 209 Å². The number of hydrogen-bond donors (Lipinski definition) is 1. The third kappa shape index (κ3) is 4.18. The van der Waals surface area contributed by atoms with Gasteiger partial charge in [-0.25, -0.2) is 14.5 Å². The Morgan fingerprint density at radius 3 is 2.83 bits per heavy atom. The Morgan fingerprint density at radius 1 is 1.23 bits per heavy atom. The van der Waals surface area contributed by atoms with E-state index in [0.29, 0.717) is 17.4 Å². The summed E-state index contributed by atoms with van der Waals surface area (Å²) < 4.78 is 7.32. The Balaban J connectivity index is 1.30. The molecule has 0 radical (unpaired) electrons. The third-order valence-corrected chi connectivity index (χ3v) is 8.18. The Kier molecular flexibility index (Phi) is 5.72. The van der Waals surface area contributed by atoms with Crippen molar-refractivity contribution in [1.29, 1.82) is 0 Å². The molecule has 0 amide bonds. The van der Waals surface area contributed by atoms with Gasteiger partial charge in [0, 0.05) is 49.5 Å². The van der Waals surface area contributed by atoms with Crippen molar-refractivity contribution < 1.29 is 4.74 Å². The highest BCUT2D eigenvalue weighted by atomic mass is 32.1. The molecule has 1 N–H and O–H groups in total. The van der Waals surface area contributed by atoms with Crippen molar-refractivity contribution in [3.05, 3.63) is 30.4 Å². The summed E-state index contributed by atoms with van der Waals surface area (Å²) in [6.45, 7) is 11.3. The molecule has 1 atom stereocenters. The van der Waals surface area contributed by atoms with Crippen LogP contribution < -0.4 is 9.64 Å². The minimum Gasteiger partial charge on any atom is -0.493 e. The first-order valence-corrected chi connectivity index (χ1v) is 13.2. The number of pyridine rings is 1. The molecule has 1 saturated carbocycles. The highest BCUT2D eigenvalue weighted by Gasteiger charge is 2.30. The first kappa shape index (κ1) is 22.5. The number of ether oxygens (including phenoxy) is 1. The van der Waals surface area contributed by atoms with Crippen LogP contribution in [0.15, 0.2) is 24.8 Å². The van der Waals surface area contributed by atoms with Crippen LogP contribution in [0.2, 0.25) is 0 Å². The summed E-state index contributed by atoms with van der Waals surface area (Å²) in [5.41, 5.74) is 4.68. The van der Waals surface area contributed by atoms with Gasteiger partial charge in [0.15, 0.2) is 11.4 Å². The van der Waals surface area contributed by atoms with Gasteiger partial charge in [0.25, 0.3) is 0 Å². The fraction of sp³-hybridized carbons (Fsp3) is 0.520. The number of thiazole rings is 1. The molecule has 10 heteroatoms. The number of methoxy groups -OCH3 is 1. The first-order chi connectivity index (χ1) is 17.0. The lowest BCUT2D eigenvalue weighted by molar-refractivity contribution is 0.221. The largest absolute Gasteiger partial charge is 0.493 e. The SMILES string of the molecule is COc1cc(-c2[nH]nc(-c3ncc(N4CCN(CC5CC5)CC4C)s3)c2C(C)C)cn2ncnc12. The zero-order valence-corrected chi connectivity index (χ0v) is 21.5. The van der Waals surface area contributed by atoms with E-state index in [1.165, 1.54) is 30.7 Å². The molecule has 0 bridgehead atoms. The second-order valence-corrected chi connectivity index (χ2v) is 11.1. The monoisotopic (exact) mass is 492 g/mol. The highest BCUT2D eigenvalue weighted by molar-refractivity contribution is 7.18. The molecule has 4 aromatic heterocycles. The van der Waals surface area contributed by atoms with Gasteiger partial charge < -0.3 is 9.64 Å². The fourth-order valence-electron chi connectivity index (χ4n) is 5.18. The number of anilines is 1. The molecule has 1 aliphatic heterocycles. The lowest BCUT2D eigenvalue weighted by Crippen LogP contribution is -2.52. The van der Waals surface area contributed by atoms with Gasteiger partial charge in [-0.05, 0) is 37.7 Å². The van der Waals surface area contributed by atoms with E-state index in [2.05, 4.69) is 45.8 Å². The van der Waals surface area contributed by atoms with E-state index in [0.717, 1.165) is 53.1 Å². The molecule has 184 valence electrons. The standard InChI is InChI=1S/C25H32N8OS/c1-15(2)21-22(18-9-19(34-4)24-27-14-28-33(24)13-18)29-30-23(21)25-26-10-20(35-25)32-8-7-31(11-16(32)3)12-17-5-6-17/h9-10,13-17H,5-8,11-12H2,1-4H3,(H,29,30). The smallest absolute Gasteiger partial charge is 0.197 e. The summed E-state index contributed by atoms with van der Waals surface area (Å²) >= 11 is 1.74. The Bertz CT molecular complexity index is 1340. The van der Waals surface area contributed by atoms with Gasteiger partial charge in [-0.1, -0.05) is 25.2 Å². The van der Waals surface area contributed by atoms with Crippen LogP contribution in [0.5, 0.6) is 5.75 Å². The summed E-state index contributed by atoms with van der Waals surface area (Å²) in [5.74, 6) is 1.88. The van der Waals surface area contributed by atoms with Crippen molar-refractivity contribution >= 4 is 22.0 Å². The van der Waals surface area contributed by atoms with Gasteiger partial charge in [-0.3, -0.25) is 10.00 Å². The number of hydrogen-bond acceptors (Lipinski definition) is 8. The zero-order chi connectivity index (χ0) is 24.1. The number of aromatic amines is 1. The molecule has 0 aromatic carbocycles. The number of nitrogens with one attached hydrogen (secondary N) is 1. The maximum Gasteiger partial charge on any atom is 0.197 e. The topological polar surface area (TPSA) is 87.5 Å². The van der Waals surface area contributed by atoms with Crippen LogP contribution >= 0.6 is 11.3 Å². The lowest BCUT2D eigenvalue weighted by atomic mass is 9.97. The van der Waals surface area contributed by atoms with E-state index in [1.807, 2.05) is 18.5 Å². The van der Waals surface area contributed by atoms with Crippen LogP contribution in [-0.2, 0) is 0 Å². The van der Waals surface area contributed by atoms with Crippen LogP contribution in [0.3, 0.4) is 0 Å². The van der Waals surface area contributed by atoms with Gasteiger partial charge >= 0.3 is 0 Å². The molecule has 9 nitrogen and oxygen atoms in total. The second kappa shape index (κ2) is 8.91. The van der Waals surface area contributed by atoms with Crippen LogP contribution in [0, 0.1) is 5.92 Å². The highest BCUT2D eigenvalue weighted by Crippen LogP contribution is 2.40. The molecule has 2 fully saturated rings. The van der Waals surface area contributed by atoms with Crippen molar-refractivity contribution in [2.45, 2.75) is 45.6 Å². The second-order valence-electron chi connectivity index (χ2n) is 10.1. The van der Waals surface area contributed by atoms with Crippen LogP contribution in [0.25, 0.3) is 27.6 Å². The third-order valence-electron chi connectivity index (χ3n) is 7.14. The normalized spacial score (nSPS) is 19.2. The van der Waals surface area contributed by atoms with Gasteiger partial charge in [0.2, 0.25) is 0 Å². The molecule has 6 rings (SSSR count). The molecule has 1 unspecified atom stereocenters. The maximum absolute atomic E-state index is 5.58. The maximum atomic E-state index is 5.58. The Hall–Kier alpha value is -2.98. The molecule has 35 heavy (non-hydrogen) atoms. The van der Waals surface area contributed by atoms with Gasteiger partial charge in [0.05, 0.1) is 19.0 Å². The van der Waals surface area contributed by atoms with Gasteiger partial charge in [-0.15, -0.1) is 0 Å². The average Bonchev–Trinajstić information content (AvgIpc) is 3.23. The van der Waals surface area contributed by atoms with Crippen molar-refractivity contribution in [1.82, 2.24) is 34.7 Å². The van der Waals surface area contributed by atoms with Crippen molar-refractivity contribution in [2.75, 3.05) is 38.2 Å². The van der Waals surface area contributed by atoms with Crippen LogP contribution in [0.1, 0.15) is 45.1 Å². The summed E-state index contributed by atoms with van der Waals surface area (Å²) in [5, 5.41) is 14.5. The summed E-state index contributed by atoms with van der Waals surface area (Å²) in [7, 11) is 1.65. The number of rotatable bonds is 7. The minimum absolute atomic E-state index is 0.258. The van der Waals surface area contributed by atoms with E-state index in [4.69, 9.17) is 14.8 Å². The molecule has 1 saturated heterocycles. The van der Waals surface area contributed by atoms with E-state index < -0.39 is 0 Å². The number of fused-ring (bicyclic) bond motifs is 1. The first-order valence-electron chi connectivity index (χ1n) is 12.4. The number of aromatic nitrogens is 6. The summed E-state index contributed by atoms with van der Waals surface area (Å²) in [6, 6.07) is 2.47. The van der Waals surface area contributed by atoms with Crippen LogP contribution in [0.4, 0.5) is 5.00 Å². The molecule has 2 aliphatic rings. The van der Waals surface area contributed by atoms with Crippen molar-refractivity contribution in [2.24, 2.45) is 5.92 Å². The van der Waals surface area contributed by atoms with E-state index >= 15 is 0 Å². The quantitative estimate of drug-likeness (QED) is 0.412. The van der Waals surface area contributed by atoms with E-state index in [9.17, 15) is 0 Å². The molecular weight excluding hydrogens is 460 g/mol. The van der Waals surface area contributed by atoms with Gasteiger partial charge in [-0.2, -0.15) is 10.2 Å². The number of nitrogens with zero attached hydrogens (tertiary/aromatic N) is 7. The number of H-pyrrole nitrogens is 1. The van der Waals surface area contributed by atoms with Gasteiger partial charge in [0.1, 0.15) is 22.0 Å². The molecule has 4 aromatic rings. The Morgan fingerprint density at radius 2 is 2.09 bits per heavy atom. The molecule has 5 heterocycles. The van der Waals surface area contributed by atoms with E-state index in [-0.39, 0.29) is 5.92 Å². The summed E-state index contributed by atoms with van der Waals surface area (Å²) in [4.78, 5) is 14.3. The predicted molar refractivity (Wildman–Crippen MR) is 138 cm³/mol. The summed E-state index contributed by atoms with van der Waals surface area (Å²) in [6.07, 6.45) is 8.35.